The lowest BCUT2D eigenvalue weighted by Crippen LogP contribution is -2.31. The minimum atomic E-state index is -3.84. The topological polar surface area (TPSA) is 101 Å². The van der Waals surface area contributed by atoms with Crippen molar-refractivity contribution in [3.05, 3.63) is 34.4 Å². The van der Waals surface area contributed by atoms with Crippen LogP contribution in [-0.4, -0.2) is 33.0 Å². The minimum Gasteiger partial charge on any atom is -0.317 e. The molecule has 0 bridgehead atoms. The van der Waals surface area contributed by atoms with Crippen molar-refractivity contribution < 1.29 is 13.3 Å². The van der Waals surface area contributed by atoms with Gasteiger partial charge < -0.3 is 5.32 Å². The summed E-state index contributed by atoms with van der Waals surface area (Å²) in [6, 6.07) is 5.38. The predicted octanol–water partition coefficient (Wildman–Crippen LogP) is 1.26. The number of nitrogens with zero attached hydrogens (tertiary/aromatic N) is 1. The summed E-state index contributed by atoms with van der Waals surface area (Å²) < 4.78 is 26.8. The molecule has 1 aliphatic heterocycles. The third kappa shape index (κ3) is 4.23. The molecule has 1 fully saturated rings. The standard InChI is InChI=1S/C13H19N3O4S/c17-16(18)12-3-1-2-4-13(12)21(19,20)15-10-7-11-5-8-14-9-6-11/h1-4,11,14-15H,5-10H2. The van der Waals surface area contributed by atoms with Gasteiger partial charge in [0.2, 0.25) is 10.0 Å². The summed E-state index contributed by atoms with van der Waals surface area (Å²) in [5, 5.41) is 14.1. The molecule has 0 amide bonds. The van der Waals surface area contributed by atoms with Crippen LogP contribution in [0.25, 0.3) is 0 Å². The Morgan fingerprint density at radius 1 is 1.29 bits per heavy atom. The number of nitro groups is 1. The van der Waals surface area contributed by atoms with Crippen LogP contribution in [0.2, 0.25) is 0 Å². The second-order valence-corrected chi connectivity index (χ2v) is 6.84. The molecule has 1 aromatic carbocycles. The van der Waals surface area contributed by atoms with Crippen molar-refractivity contribution in [2.24, 2.45) is 5.92 Å². The first-order valence-electron chi connectivity index (χ1n) is 6.94. The van der Waals surface area contributed by atoms with Gasteiger partial charge in [-0.15, -0.1) is 0 Å². The van der Waals surface area contributed by atoms with Gasteiger partial charge in [-0.3, -0.25) is 10.1 Å². The summed E-state index contributed by atoms with van der Waals surface area (Å²) >= 11 is 0. The fourth-order valence-electron chi connectivity index (χ4n) is 2.48. The predicted molar refractivity (Wildman–Crippen MR) is 78.5 cm³/mol. The average Bonchev–Trinajstić information content (AvgIpc) is 2.48. The Labute approximate surface area is 123 Å². The highest BCUT2D eigenvalue weighted by Gasteiger charge is 2.25. The Morgan fingerprint density at radius 2 is 1.95 bits per heavy atom. The number of rotatable bonds is 6. The third-order valence-corrected chi connectivity index (χ3v) is 5.16. The van der Waals surface area contributed by atoms with Gasteiger partial charge >= 0.3 is 0 Å². The fourth-order valence-corrected chi connectivity index (χ4v) is 3.70. The van der Waals surface area contributed by atoms with Crippen molar-refractivity contribution in [1.82, 2.24) is 10.0 Å². The molecule has 0 aliphatic carbocycles. The lowest BCUT2D eigenvalue weighted by atomic mass is 9.95. The number of para-hydroxylation sites is 1. The highest BCUT2D eigenvalue weighted by molar-refractivity contribution is 7.89. The maximum atomic E-state index is 12.2. The quantitative estimate of drug-likeness (QED) is 0.608. The Bertz CT molecular complexity index is 597. The van der Waals surface area contributed by atoms with E-state index in [1.807, 2.05) is 0 Å². The number of hydrogen-bond acceptors (Lipinski definition) is 5. The molecule has 0 saturated carbocycles. The van der Waals surface area contributed by atoms with Crippen molar-refractivity contribution in [2.75, 3.05) is 19.6 Å². The molecule has 0 unspecified atom stereocenters. The molecule has 1 aliphatic rings. The normalized spacial score (nSPS) is 16.8. The van der Waals surface area contributed by atoms with E-state index in [2.05, 4.69) is 10.0 Å². The largest absolute Gasteiger partial charge is 0.317 e. The monoisotopic (exact) mass is 313 g/mol. The van der Waals surface area contributed by atoms with E-state index < -0.39 is 20.6 Å². The molecule has 21 heavy (non-hydrogen) atoms. The number of benzene rings is 1. The van der Waals surface area contributed by atoms with E-state index in [9.17, 15) is 18.5 Å². The third-order valence-electron chi connectivity index (χ3n) is 3.65. The summed E-state index contributed by atoms with van der Waals surface area (Å²) in [4.78, 5) is 9.94. The van der Waals surface area contributed by atoms with Gasteiger partial charge in [0, 0.05) is 12.6 Å². The summed E-state index contributed by atoms with van der Waals surface area (Å²) in [6.45, 7) is 2.22. The first-order chi connectivity index (χ1) is 10.0. The minimum absolute atomic E-state index is 0.277. The van der Waals surface area contributed by atoms with Crippen LogP contribution in [0.4, 0.5) is 5.69 Å². The van der Waals surface area contributed by atoms with Crippen LogP contribution < -0.4 is 10.0 Å². The smallest absolute Gasteiger partial charge is 0.289 e. The lowest BCUT2D eigenvalue weighted by molar-refractivity contribution is -0.387. The van der Waals surface area contributed by atoms with Crippen molar-refractivity contribution in [1.29, 1.82) is 0 Å². The van der Waals surface area contributed by atoms with E-state index in [1.165, 1.54) is 24.3 Å². The molecule has 2 rings (SSSR count). The highest BCUT2D eigenvalue weighted by atomic mass is 32.2. The first-order valence-corrected chi connectivity index (χ1v) is 8.43. The first kappa shape index (κ1) is 15.9. The lowest BCUT2D eigenvalue weighted by Gasteiger charge is -2.22. The van der Waals surface area contributed by atoms with Gasteiger partial charge in [0.1, 0.15) is 0 Å². The molecule has 0 aromatic heterocycles. The second-order valence-electron chi connectivity index (χ2n) is 5.10. The van der Waals surface area contributed by atoms with Gasteiger partial charge in [0.05, 0.1) is 4.92 Å². The van der Waals surface area contributed by atoms with Gasteiger partial charge in [-0.1, -0.05) is 12.1 Å². The van der Waals surface area contributed by atoms with E-state index in [4.69, 9.17) is 0 Å². The van der Waals surface area contributed by atoms with Crippen LogP contribution >= 0.6 is 0 Å². The molecule has 0 spiro atoms. The Hall–Kier alpha value is -1.51. The molecule has 1 aromatic rings. The van der Waals surface area contributed by atoms with E-state index >= 15 is 0 Å². The molecule has 1 saturated heterocycles. The van der Waals surface area contributed by atoms with Crippen molar-refractivity contribution >= 4 is 15.7 Å². The van der Waals surface area contributed by atoms with Gasteiger partial charge in [0.25, 0.3) is 5.69 Å². The van der Waals surface area contributed by atoms with Gasteiger partial charge in [0.15, 0.2) is 4.90 Å². The van der Waals surface area contributed by atoms with E-state index in [0.29, 0.717) is 12.5 Å². The van der Waals surface area contributed by atoms with E-state index in [1.54, 1.807) is 0 Å². The van der Waals surface area contributed by atoms with Crippen molar-refractivity contribution in [3.8, 4) is 0 Å². The molecule has 7 nitrogen and oxygen atoms in total. The number of hydrogen-bond donors (Lipinski definition) is 2. The number of nitro benzene ring substituents is 1. The molecule has 116 valence electrons. The van der Waals surface area contributed by atoms with E-state index in [0.717, 1.165) is 32.4 Å². The van der Waals surface area contributed by atoms with Crippen molar-refractivity contribution in [2.45, 2.75) is 24.2 Å². The number of sulfonamides is 1. The van der Waals surface area contributed by atoms with Gasteiger partial charge in [-0.25, -0.2) is 13.1 Å². The SMILES string of the molecule is O=[N+]([O-])c1ccccc1S(=O)(=O)NCCC1CCNCC1. The van der Waals surface area contributed by atoms with Gasteiger partial charge in [-0.2, -0.15) is 0 Å². The Kier molecular flexibility index (Phi) is 5.27. The van der Waals surface area contributed by atoms with Crippen LogP contribution in [0.3, 0.4) is 0 Å². The second kappa shape index (κ2) is 6.97. The summed E-state index contributed by atoms with van der Waals surface area (Å²) in [6.07, 6.45) is 2.82. The number of nitrogens with one attached hydrogen (secondary N) is 2. The number of piperidine rings is 1. The van der Waals surface area contributed by atoms with Crippen molar-refractivity contribution in [3.63, 3.8) is 0 Å². The zero-order valence-electron chi connectivity index (χ0n) is 11.6. The summed E-state index contributed by atoms with van der Waals surface area (Å²) in [5.41, 5.74) is -0.396. The Morgan fingerprint density at radius 3 is 2.62 bits per heavy atom. The molecular formula is C13H19N3O4S. The molecule has 0 radical (unpaired) electrons. The van der Waals surface area contributed by atoms with Crippen LogP contribution in [-0.2, 0) is 10.0 Å². The van der Waals surface area contributed by atoms with E-state index in [-0.39, 0.29) is 4.90 Å². The average molecular weight is 313 g/mol. The fraction of sp³-hybridized carbons (Fsp3) is 0.538. The Balaban J connectivity index is 2.00. The summed E-state index contributed by atoms with van der Waals surface area (Å²) in [5.74, 6) is 0.500. The maximum absolute atomic E-state index is 12.2. The molecular weight excluding hydrogens is 294 g/mol. The van der Waals surface area contributed by atoms with Crippen LogP contribution in [0, 0.1) is 16.0 Å². The molecule has 0 atom stereocenters. The zero-order chi connectivity index (χ0) is 15.3. The van der Waals surface area contributed by atoms with Crippen LogP contribution in [0.15, 0.2) is 29.2 Å². The maximum Gasteiger partial charge on any atom is 0.289 e. The molecule has 2 N–H and O–H groups in total. The molecule has 8 heteroatoms. The van der Waals surface area contributed by atoms with Crippen LogP contribution in [0.5, 0.6) is 0 Å². The summed E-state index contributed by atoms with van der Waals surface area (Å²) in [7, 11) is -3.84. The van der Waals surface area contributed by atoms with Gasteiger partial charge in [-0.05, 0) is 44.3 Å². The van der Waals surface area contributed by atoms with Crippen LogP contribution in [0.1, 0.15) is 19.3 Å². The zero-order valence-corrected chi connectivity index (χ0v) is 12.4. The molecule has 1 heterocycles. The highest BCUT2D eigenvalue weighted by Crippen LogP contribution is 2.23.